The van der Waals surface area contributed by atoms with Crippen molar-refractivity contribution >= 4 is 5.97 Å². The molecule has 0 N–H and O–H groups in total. The Morgan fingerprint density at radius 2 is 2.05 bits per heavy atom. The van der Waals surface area contributed by atoms with Gasteiger partial charge in [-0.1, -0.05) is 0 Å². The second kappa shape index (κ2) is 5.56. The number of carbonyl (C=O) groups is 1. The average molecular weight is 277 g/mol. The van der Waals surface area contributed by atoms with E-state index in [4.69, 9.17) is 5.26 Å². The summed E-state index contributed by atoms with van der Waals surface area (Å²) in [7, 11) is 0. The van der Waals surface area contributed by atoms with Crippen LogP contribution in [-0.4, -0.2) is 18.9 Å². The summed E-state index contributed by atoms with van der Waals surface area (Å²) in [6, 6.07) is 2.60. The van der Waals surface area contributed by atoms with Gasteiger partial charge in [-0.2, -0.15) is 5.26 Å². The lowest BCUT2D eigenvalue weighted by molar-refractivity contribution is -0.275. The highest BCUT2D eigenvalue weighted by molar-refractivity contribution is 5.90. The third kappa shape index (κ3) is 3.84. The zero-order chi connectivity index (χ0) is 14.6. The van der Waals surface area contributed by atoms with Gasteiger partial charge in [0.05, 0.1) is 17.7 Å². The highest BCUT2D eigenvalue weighted by Crippen LogP contribution is 2.30. The van der Waals surface area contributed by atoms with Gasteiger partial charge in [0, 0.05) is 0 Å². The fraction of sp³-hybridized carbons (Fsp3) is 0.273. The van der Waals surface area contributed by atoms with Crippen LogP contribution in [0.2, 0.25) is 0 Å². The first-order valence-corrected chi connectivity index (χ1v) is 4.95. The summed E-state index contributed by atoms with van der Waals surface area (Å²) in [6.07, 6.45) is -5.14. The van der Waals surface area contributed by atoms with E-state index in [0.29, 0.717) is 6.07 Å². The van der Waals surface area contributed by atoms with E-state index < -0.39 is 29.5 Å². The summed E-state index contributed by atoms with van der Waals surface area (Å²) in [5.41, 5.74) is -1.12. The normalized spacial score (nSPS) is 10.7. The Morgan fingerprint density at radius 3 is 2.53 bits per heavy atom. The van der Waals surface area contributed by atoms with Gasteiger partial charge in [-0.3, -0.25) is 0 Å². The number of halogens is 4. The third-order valence-corrected chi connectivity index (χ3v) is 1.89. The van der Waals surface area contributed by atoms with E-state index in [9.17, 15) is 22.4 Å². The first kappa shape index (κ1) is 14.8. The van der Waals surface area contributed by atoms with Crippen LogP contribution in [0.25, 0.3) is 0 Å². The van der Waals surface area contributed by atoms with Crippen molar-refractivity contribution in [3.8, 4) is 11.8 Å². The average Bonchev–Trinajstić information content (AvgIpc) is 2.30. The van der Waals surface area contributed by atoms with E-state index in [0.717, 1.165) is 6.07 Å². The van der Waals surface area contributed by atoms with Crippen LogP contribution in [0, 0.1) is 17.1 Å². The molecule has 0 spiro atoms. The van der Waals surface area contributed by atoms with E-state index >= 15 is 0 Å². The lowest BCUT2D eigenvalue weighted by atomic mass is 10.1. The zero-order valence-corrected chi connectivity index (χ0v) is 9.55. The predicted octanol–water partition coefficient (Wildman–Crippen LogP) is 2.77. The van der Waals surface area contributed by atoms with Crippen LogP contribution in [0.1, 0.15) is 22.8 Å². The van der Waals surface area contributed by atoms with Gasteiger partial charge in [0.15, 0.2) is 11.6 Å². The van der Waals surface area contributed by atoms with Gasteiger partial charge in [-0.25, -0.2) is 9.18 Å². The van der Waals surface area contributed by atoms with E-state index in [1.165, 1.54) is 13.0 Å². The van der Waals surface area contributed by atoms with Crippen LogP contribution < -0.4 is 4.74 Å². The minimum Gasteiger partial charge on any atom is -0.462 e. The molecule has 1 rings (SSSR count). The molecule has 1 aromatic rings. The Labute approximate surface area is 105 Å². The molecule has 0 radical (unpaired) electrons. The summed E-state index contributed by atoms with van der Waals surface area (Å²) in [6.45, 7) is 1.50. The van der Waals surface area contributed by atoms with Gasteiger partial charge in [0.25, 0.3) is 0 Å². The molecule has 0 heterocycles. The fourth-order valence-corrected chi connectivity index (χ4v) is 1.23. The summed E-state index contributed by atoms with van der Waals surface area (Å²) >= 11 is 0. The van der Waals surface area contributed by atoms with Crippen molar-refractivity contribution in [2.24, 2.45) is 0 Å². The molecule has 0 amide bonds. The number of alkyl halides is 3. The molecule has 0 atom stereocenters. The largest absolute Gasteiger partial charge is 0.573 e. The van der Waals surface area contributed by atoms with Crippen LogP contribution in [-0.2, 0) is 4.74 Å². The number of benzene rings is 1. The molecule has 19 heavy (non-hydrogen) atoms. The lowest BCUT2D eigenvalue weighted by Crippen LogP contribution is -2.19. The van der Waals surface area contributed by atoms with Crippen molar-refractivity contribution in [2.75, 3.05) is 6.61 Å². The van der Waals surface area contributed by atoms with Crippen molar-refractivity contribution in [2.45, 2.75) is 13.3 Å². The van der Waals surface area contributed by atoms with Crippen LogP contribution >= 0.6 is 0 Å². The van der Waals surface area contributed by atoms with Crippen LogP contribution in [0.3, 0.4) is 0 Å². The molecule has 0 saturated heterocycles. The highest BCUT2D eigenvalue weighted by atomic mass is 19.4. The van der Waals surface area contributed by atoms with E-state index in [1.807, 2.05) is 0 Å². The molecule has 0 aromatic heterocycles. The fourth-order valence-electron chi connectivity index (χ4n) is 1.23. The number of nitrogens with zero attached hydrogens (tertiary/aromatic N) is 1. The molecule has 0 aliphatic rings. The monoisotopic (exact) mass is 277 g/mol. The summed E-state index contributed by atoms with van der Waals surface area (Å²) in [4.78, 5) is 11.3. The molecule has 0 fully saturated rings. The molecule has 0 saturated carbocycles. The lowest BCUT2D eigenvalue weighted by Gasteiger charge is -2.12. The Kier molecular flexibility index (Phi) is 4.32. The number of nitriles is 1. The molecule has 4 nitrogen and oxygen atoms in total. The number of ether oxygens (including phenoxy) is 2. The van der Waals surface area contributed by atoms with Crippen molar-refractivity contribution in [3.05, 3.63) is 29.1 Å². The molecule has 1 aromatic carbocycles. The smallest absolute Gasteiger partial charge is 0.462 e. The van der Waals surface area contributed by atoms with Crippen LogP contribution in [0.4, 0.5) is 17.6 Å². The van der Waals surface area contributed by atoms with Crippen molar-refractivity contribution < 1.29 is 31.8 Å². The van der Waals surface area contributed by atoms with E-state index in [-0.39, 0.29) is 12.2 Å². The van der Waals surface area contributed by atoms with Gasteiger partial charge in [0.2, 0.25) is 0 Å². The van der Waals surface area contributed by atoms with Gasteiger partial charge < -0.3 is 9.47 Å². The number of carbonyl (C=O) groups excluding carboxylic acids is 1. The maximum atomic E-state index is 13.4. The van der Waals surface area contributed by atoms with Crippen LogP contribution in [0.5, 0.6) is 5.75 Å². The molecule has 102 valence electrons. The van der Waals surface area contributed by atoms with Crippen LogP contribution in [0.15, 0.2) is 12.1 Å². The maximum absolute atomic E-state index is 13.4. The summed E-state index contributed by atoms with van der Waals surface area (Å²) < 4.78 is 57.5. The Hall–Kier alpha value is -2.30. The van der Waals surface area contributed by atoms with E-state index in [1.54, 1.807) is 0 Å². The van der Waals surface area contributed by atoms with Gasteiger partial charge in [0.1, 0.15) is 6.07 Å². The number of rotatable bonds is 3. The predicted molar refractivity (Wildman–Crippen MR) is 53.8 cm³/mol. The number of hydrogen-bond acceptors (Lipinski definition) is 4. The minimum absolute atomic E-state index is 0.00312. The molecular weight excluding hydrogens is 270 g/mol. The Bertz CT molecular complexity index is 534. The molecule has 0 aliphatic carbocycles. The van der Waals surface area contributed by atoms with Crippen molar-refractivity contribution in [3.63, 3.8) is 0 Å². The Balaban J connectivity index is 3.23. The second-order valence-electron chi connectivity index (χ2n) is 3.21. The van der Waals surface area contributed by atoms with Gasteiger partial charge >= 0.3 is 12.3 Å². The molecule has 0 aliphatic heterocycles. The topological polar surface area (TPSA) is 59.3 Å². The quantitative estimate of drug-likeness (QED) is 0.629. The summed E-state index contributed by atoms with van der Waals surface area (Å²) in [5, 5.41) is 8.66. The third-order valence-electron chi connectivity index (χ3n) is 1.89. The maximum Gasteiger partial charge on any atom is 0.573 e. The van der Waals surface area contributed by atoms with Crippen molar-refractivity contribution in [1.29, 1.82) is 5.26 Å². The van der Waals surface area contributed by atoms with Crippen molar-refractivity contribution in [1.82, 2.24) is 0 Å². The minimum atomic E-state index is -5.14. The van der Waals surface area contributed by atoms with E-state index in [2.05, 4.69) is 9.47 Å². The number of hydrogen-bond donors (Lipinski definition) is 0. The molecule has 0 bridgehead atoms. The first-order chi connectivity index (χ1) is 8.78. The zero-order valence-electron chi connectivity index (χ0n) is 9.55. The first-order valence-electron chi connectivity index (χ1n) is 4.95. The highest BCUT2D eigenvalue weighted by Gasteiger charge is 2.34. The SMILES string of the molecule is CCOC(=O)c1cc(F)c(OC(F)(F)F)c(C#N)c1. The molecular formula is C11H7F4NO3. The number of esters is 1. The molecule has 8 heteroatoms. The summed E-state index contributed by atoms with van der Waals surface area (Å²) in [5.74, 6) is -3.70. The molecule has 0 unspecified atom stereocenters. The standard InChI is InChI=1S/C11H7F4NO3/c1-2-18-10(17)6-3-7(5-16)9(8(12)4-6)19-11(13,14)15/h3-4H,2H2,1H3. The Morgan fingerprint density at radius 1 is 1.42 bits per heavy atom. The van der Waals surface area contributed by atoms with Gasteiger partial charge in [-0.15, -0.1) is 13.2 Å². The van der Waals surface area contributed by atoms with Gasteiger partial charge in [-0.05, 0) is 19.1 Å². The second-order valence-corrected chi connectivity index (χ2v) is 3.21.